The van der Waals surface area contributed by atoms with Gasteiger partial charge >= 0.3 is 5.63 Å². The molecule has 2 aromatic carbocycles. The van der Waals surface area contributed by atoms with Gasteiger partial charge in [0.25, 0.3) is 0 Å². The van der Waals surface area contributed by atoms with Gasteiger partial charge in [-0.25, -0.2) is 4.79 Å². The minimum atomic E-state index is -0.437. The molecular weight excluding hydrogens is 388 g/mol. The van der Waals surface area contributed by atoms with Gasteiger partial charge in [-0.15, -0.1) is 0 Å². The molecule has 0 atom stereocenters. The molecular formula is C22H22N2O4S. The van der Waals surface area contributed by atoms with E-state index in [1.54, 1.807) is 30.3 Å². The average Bonchev–Trinajstić information content (AvgIpc) is 2.66. The normalized spacial score (nSPS) is 10.8. The minimum Gasteiger partial charge on any atom is -0.495 e. The number of methoxy groups -OCH3 is 1. The van der Waals surface area contributed by atoms with E-state index in [1.807, 2.05) is 32.0 Å². The molecule has 150 valence electrons. The lowest BCUT2D eigenvalue weighted by Crippen LogP contribution is -2.34. The lowest BCUT2D eigenvalue weighted by Gasteiger charge is -2.14. The topological polar surface area (TPSA) is 80.6 Å². The standard InChI is InChI=1S/C22H22N2O4S/c1-13(2)10-20(25)24-22(29)23-17-12-14(8-9-19(17)27-3)16-11-15-6-4-5-7-18(15)28-21(16)26/h4-9,11-13H,10H2,1-3H3,(H2,23,24,25,29). The Kier molecular flexibility index (Phi) is 6.29. The van der Waals surface area contributed by atoms with Gasteiger partial charge in [0.2, 0.25) is 5.91 Å². The van der Waals surface area contributed by atoms with E-state index < -0.39 is 5.63 Å². The van der Waals surface area contributed by atoms with Crippen LogP contribution in [0.4, 0.5) is 5.69 Å². The van der Waals surface area contributed by atoms with Crippen molar-refractivity contribution in [2.75, 3.05) is 12.4 Å². The number of hydrogen-bond donors (Lipinski definition) is 2. The van der Waals surface area contributed by atoms with Crippen molar-refractivity contribution in [3.05, 3.63) is 59.0 Å². The predicted octanol–water partition coefficient (Wildman–Crippen LogP) is 4.33. The first-order valence-electron chi connectivity index (χ1n) is 9.19. The zero-order valence-electron chi connectivity index (χ0n) is 16.4. The van der Waals surface area contributed by atoms with Crippen molar-refractivity contribution in [1.82, 2.24) is 5.32 Å². The molecule has 3 rings (SSSR count). The zero-order valence-corrected chi connectivity index (χ0v) is 17.3. The van der Waals surface area contributed by atoms with Crippen LogP contribution >= 0.6 is 12.2 Å². The van der Waals surface area contributed by atoms with Crippen LogP contribution in [0.25, 0.3) is 22.1 Å². The van der Waals surface area contributed by atoms with Gasteiger partial charge in [-0.1, -0.05) is 38.1 Å². The minimum absolute atomic E-state index is 0.164. The Balaban J connectivity index is 1.91. The molecule has 3 aromatic rings. The second kappa shape index (κ2) is 8.87. The molecule has 1 aromatic heterocycles. The maximum absolute atomic E-state index is 12.5. The van der Waals surface area contributed by atoms with Crippen LogP contribution in [0, 0.1) is 5.92 Å². The summed E-state index contributed by atoms with van der Waals surface area (Å²) in [5, 5.41) is 6.61. The summed E-state index contributed by atoms with van der Waals surface area (Å²) in [5.74, 6) is 0.588. The van der Waals surface area contributed by atoms with Crippen molar-refractivity contribution in [1.29, 1.82) is 0 Å². The van der Waals surface area contributed by atoms with E-state index in [0.717, 1.165) is 5.39 Å². The number of hydrogen-bond acceptors (Lipinski definition) is 5. The lowest BCUT2D eigenvalue weighted by molar-refractivity contribution is -0.120. The molecule has 0 spiro atoms. The zero-order chi connectivity index (χ0) is 21.0. The maximum atomic E-state index is 12.5. The smallest absolute Gasteiger partial charge is 0.344 e. The van der Waals surface area contributed by atoms with E-state index in [-0.39, 0.29) is 16.9 Å². The average molecular weight is 410 g/mol. The fourth-order valence-corrected chi connectivity index (χ4v) is 3.16. The molecule has 0 bridgehead atoms. The van der Waals surface area contributed by atoms with Gasteiger partial charge in [-0.3, -0.25) is 4.79 Å². The van der Waals surface area contributed by atoms with Crippen molar-refractivity contribution in [3.8, 4) is 16.9 Å². The highest BCUT2D eigenvalue weighted by molar-refractivity contribution is 7.80. The van der Waals surface area contributed by atoms with Gasteiger partial charge < -0.3 is 19.8 Å². The van der Waals surface area contributed by atoms with E-state index >= 15 is 0 Å². The van der Waals surface area contributed by atoms with Crippen LogP contribution in [0.2, 0.25) is 0 Å². The van der Waals surface area contributed by atoms with E-state index in [4.69, 9.17) is 21.4 Å². The Bertz CT molecular complexity index is 1120. The fraction of sp³-hybridized carbons (Fsp3) is 0.227. The molecule has 0 aliphatic rings. The van der Waals surface area contributed by atoms with Crippen LogP contribution in [-0.2, 0) is 4.79 Å². The Morgan fingerprint density at radius 3 is 2.66 bits per heavy atom. The number of fused-ring (bicyclic) bond motifs is 1. The van der Waals surface area contributed by atoms with E-state index in [2.05, 4.69) is 10.6 Å². The molecule has 0 saturated carbocycles. The van der Waals surface area contributed by atoms with Crippen LogP contribution in [0.1, 0.15) is 20.3 Å². The number of rotatable bonds is 5. The summed E-state index contributed by atoms with van der Waals surface area (Å²) in [6.07, 6.45) is 0.372. The van der Waals surface area contributed by atoms with Crippen molar-refractivity contribution in [2.24, 2.45) is 5.92 Å². The number of benzene rings is 2. The molecule has 1 amide bonds. The first kappa shape index (κ1) is 20.5. The largest absolute Gasteiger partial charge is 0.495 e. The molecule has 0 saturated heterocycles. The van der Waals surface area contributed by atoms with E-state index in [9.17, 15) is 9.59 Å². The third-order valence-electron chi connectivity index (χ3n) is 4.25. The van der Waals surface area contributed by atoms with Crippen molar-refractivity contribution in [2.45, 2.75) is 20.3 Å². The Morgan fingerprint density at radius 1 is 1.17 bits per heavy atom. The maximum Gasteiger partial charge on any atom is 0.344 e. The number of para-hydroxylation sites is 1. The summed E-state index contributed by atoms with van der Waals surface area (Å²) in [6.45, 7) is 3.91. The summed E-state index contributed by atoms with van der Waals surface area (Å²) in [5.41, 5.74) is 1.69. The number of amides is 1. The van der Waals surface area contributed by atoms with E-state index in [1.165, 1.54) is 7.11 Å². The van der Waals surface area contributed by atoms with Crippen LogP contribution in [0.5, 0.6) is 5.75 Å². The molecule has 29 heavy (non-hydrogen) atoms. The fourth-order valence-electron chi connectivity index (χ4n) is 2.94. The molecule has 6 nitrogen and oxygen atoms in total. The number of ether oxygens (including phenoxy) is 1. The van der Waals surface area contributed by atoms with Gasteiger partial charge in [-0.05, 0) is 48.0 Å². The molecule has 0 radical (unpaired) electrons. The van der Waals surface area contributed by atoms with Gasteiger partial charge in [-0.2, -0.15) is 0 Å². The van der Waals surface area contributed by atoms with Crippen molar-refractivity contribution >= 4 is 39.9 Å². The van der Waals surface area contributed by atoms with Gasteiger partial charge in [0.1, 0.15) is 11.3 Å². The quantitative estimate of drug-likeness (QED) is 0.481. The Labute approximate surface area is 173 Å². The molecule has 0 aliphatic heterocycles. The number of anilines is 1. The second-order valence-corrected chi connectivity index (χ2v) is 7.41. The number of thiocarbonyl (C=S) groups is 1. The van der Waals surface area contributed by atoms with Crippen LogP contribution in [0.3, 0.4) is 0 Å². The predicted molar refractivity (Wildman–Crippen MR) is 118 cm³/mol. The van der Waals surface area contributed by atoms with Gasteiger partial charge in [0.05, 0.1) is 18.4 Å². The van der Waals surface area contributed by atoms with Crippen LogP contribution in [0.15, 0.2) is 57.7 Å². The number of carbonyl (C=O) groups is 1. The summed E-state index contributed by atoms with van der Waals surface area (Å²) in [6, 6.07) is 14.3. The third kappa shape index (κ3) is 5.00. The van der Waals surface area contributed by atoms with Gasteiger partial charge in [0.15, 0.2) is 5.11 Å². The summed E-state index contributed by atoms with van der Waals surface area (Å²) in [7, 11) is 1.53. The monoisotopic (exact) mass is 410 g/mol. The molecule has 1 heterocycles. The molecule has 0 unspecified atom stereocenters. The van der Waals surface area contributed by atoms with Crippen LogP contribution < -0.4 is 21.0 Å². The van der Waals surface area contributed by atoms with Gasteiger partial charge in [0, 0.05) is 11.8 Å². The number of nitrogens with one attached hydrogen (secondary N) is 2. The Hall–Kier alpha value is -3.19. The van der Waals surface area contributed by atoms with Crippen molar-refractivity contribution in [3.63, 3.8) is 0 Å². The Morgan fingerprint density at radius 2 is 1.93 bits per heavy atom. The highest BCUT2D eigenvalue weighted by Crippen LogP contribution is 2.30. The van der Waals surface area contributed by atoms with Crippen molar-refractivity contribution < 1.29 is 13.9 Å². The SMILES string of the molecule is COc1ccc(-c2cc3ccccc3oc2=O)cc1NC(=S)NC(=O)CC(C)C. The summed E-state index contributed by atoms with van der Waals surface area (Å²) < 4.78 is 10.8. The first-order chi connectivity index (χ1) is 13.9. The molecule has 0 fully saturated rings. The molecule has 7 heteroatoms. The lowest BCUT2D eigenvalue weighted by atomic mass is 10.0. The second-order valence-electron chi connectivity index (χ2n) is 7.00. The summed E-state index contributed by atoms with van der Waals surface area (Å²) >= 11 is 5.24. The highest BCUT2D eigenvalue weighted by Gasteiger charge is 2.13. The highest BCUT2D eigenvalue weighted by atomic mass is 32.1. The summed E-state index contributed by atoms with van der Waals surface area (Å²) in [4.78, 5) is 24.4. The molecule has 2 N–H and O–H groups in total. The molecule has 0 aliphatic carbocycles. The first-order valence-corrected chi connectivity index (χ1v) is 9.60. The third-order valence-corrected chi connectivity index (χ3v) is 4.45. The van der Waals surface area contributed by atoms with E-state index in [0.29, 0.717) is 34.6 Å². The van der Waals surface area contributed by atoms with Crippen LogP contribution in [-0.4, -0.2) is 18.1 Å². The number of carbonyl (C=O) groups excluding carboxylic acids is 1.